The van der Waals surface area contributed by atoms with E-state index in [9.17, 15) is 0 Å². The molecule has 0 N–H and O–H groups in total. The van der Waals surface area contributed by atoms with Crippen molar-refractivity contribution in [2.45, 2.75) is 45.4 Å². The van der Waals surface area contributed by atoms with Crippen LogP contribution in [0.1, 0.15) is 61.1 Å². The zero-order chi connectivity index (χ0) is 36.9. The van der Waals surface area contributed by atoms with Crippen molar-refractivity contribution in [3.8, 4) is 11.1 Å². The molecule has 0 radical (unpaired) electrons. The Morgan fingerprint density at radius 1 is 0.481 bits per heavy atom. The molecule has 260 valence electrons. The summed E-state index contributed by atoms with van der Waals surface area (Å²) in [6, 6.07) is 56.2. The minimum Gasteiger partial charge on any atom is -0.310 e. The van der Waals surface area contributed by atoms with Crippen LogP contribution in [-0.2, 0) is 10.8 Å². The van der Waals surface area contributed by atoms with Crippen LogP contribution in [0.3, 0.4) is 0 Å². The molecule has 0 unspecified atom stereocenters. The first-order valence-electron chi connectivity index (χ1n) is 19.1. The van der Waals surface area contributed by atoms with Gasteiger partial charge in [0.25, 0.3) is 0 Å². The zero-order valence-corrected chi connectivity index (χ0v) is 31.7. The van der Waals surface area contributed by atoms with Crippen molar-refractivity contribution in [3.05, 3.63) is 198 Å². The van der Waals surface area contributed by atoms with Gasteiger partial charge in [0.15, 0.2) is 0 Å². The van der Waals surface area contributed by atoms with Crippen molar-refractivity contribution in [3.63, 3.8) is 0 Å². The smallest absolute Gasteiger partial charge is 0.0465 e. The molecule has 2 aliphatic rings. The Hall–Kier alpha value is -6.18. The summed E-state index contributed by atoms with van der Waals surface area (Å²) in [5.41, 5.74) is 16.3. The van der Waals surface area contributed by atoms with Gasteiger partial charge in [0.2, 0.25) is 0 Å². The van der Waals surface area contributed by atoms with Gasteiger partial charge < -0.3 is 4.90 Å². The Bertz CT molecular complexity index is 2900. The van der Waals surface area contributed by atoms with Crippen LogP contribution in [0.2, 0.25) is 0 Å². The van der Waals surface area contributed by atoms with Crippen LogP contribution in [0.15, 0.2) is 164 Å². The molecule has 0 saturated carbocycles. The molecular formula is C53H43N. The molecule has 8 aromatic carbocycles. The van der Waals surface area contributed by atoms with Crippen molar-refractivity contribution in [1.29, 1.82) is 0 Å². The minimum absolute atomic E-state index is 0.187. The number of para-hydroxylation sites is 1. The minimum atomic E-state index is -0.194. The summed E-state index contributed by atoms with van der Waals surface area (Å²) in [6.45, 7) is 16.2. The highest BCUT2D eigenvalue weighted by Crippen LogP contribution is 2.57. The number of hydrogen-bond donors (Lipinski definition) is 0. The van der Waals surface area contributed by atoms with E-state index in [1.54, 1.807) is 0 Å². The maximum absolute atomic E-state index is 4.34. The average Bonchev–Trinajstić information content (AvgIpc) is 3.58. The van der Waals surface area contributed by atoms with E-state index < -0.39 is 0 Å². The van der Waals surface area contributed by atoms with E-state index >= 15 is 0 Å². The van der Waals surface area contributed by atoms with Crippen molar-refractivity contribution in [2.75, 3.05) is 4.90 Å². The number of hydrogen-bond acceptors (Lipinski definition) is 1. The van der Waals surface area contributed by atoms with Gasteiger partial charge in [-0.15, -0.1) is 0 Å². The zero-order valence-electron chi connectivity index (χ0n) is 31.7. The second kappa shape index (κ2) is 11.7. The molecule has 10 rings (SSSR count). The van der Waals surface area contributed by atoms with Crippen LogP contribution in [0.25, 0.3) is 54.6 Å². The predicted molar refractivity (Wildman–Crippen MR) is 232 cm³/mol. The van der Waals surface area contributed by atoms with Crippen LogP contribution in [0.4, 0.5) is 17.1 Å². The topological polar surface area (TPSA) is 3.24 Å². The highest BCUT2D eigenvalue weighted by atomic mass is 15.1. The molecule has 0 amide bonds. The van der Waals surface area contributed by atoms with Crippen molar-refractivity contribution in [2.24, 2.45) is 0 Å². The first-order valence-corrected chi connectivity index (χ1v) is 19.1. The fourth-order valence-electron chi connectivity index (χ4n) is 10.2. The maximum atomic E-state index is 4.34. The molecule has 8 aromatic rings. The van der Waals surface area contributed by atoms with E-state index in [2.05, 4.69) is 204 Å². The number of fused-ring (bicyclic) bond motifs is 11. The van der Waals surface area contributed by atoms with Gasteiger partial charge in [-0.3, -0.25) is 0 Å². The first-order chi connectivity index (χ1) is 26.2. The summed E-state index contributed by atoms with van der Waals surface area (Å²) >= 11 is 0. The van der Waals surface area contributed by atoms with E-state index in [1.807, 2.05) is 0 Å². The lowest BCUT2D eigenvalue weighted by Crippen LogP contribution is -2.18. The Balaban J connectivity index is 1.13. The molecule has 0 aliphatic heterocycles. The van der Waals surface area contributed by atoms with Gasteiger partial charge in [-0.2, -0.15) is 0 Å². The number of anilines is 3. The van der Waals surface area contributed by atoms with Gasteiger partial charge >= 0.3 is 0 Å². The molecule has 0 spiro atoms. The van der Waals surface area contributed by atoms with Crippen LogP contribution < -0.4 is 4.90 Å². The largest absolute Gasteiger partial charge is 0.310 e. The summed E-state index contributed by atoms with van der Waals surface area (Å²) in [6.07, 6.45) is 2.07. The lowest BCUT2D eigenvalue weighted by molar-refractivity contribution is 0.666. The third-order valence-corrected chi connectivity index (χ3v) is 12.5. The molecule has 0 bridgehead atoms. The Kier molecular flexibility index (Phi) is 7.01. The fraction of sp³-hybridized carbons (Fsp3) is 0.132. The molecule has 0 aromatic heterocycles. The summed E-state index contributed by atoms with van der Waals surface area (Å²) in [4.78, 5) is 2.43. The molecule has 0 atom stereocenters. The third kappa shape index (κ3) is 4.45. The molecule has 54 heavy (non-hydrogen) atoms. The Labute approximate surface area is 318 Å². The predicted octanol–water partition coefficient (Wildman–Crippen LogP) is 14.6. The number of benzene rings is 8. The van der Waals surface area contributed by atoms with Crippen LogP contribution in [-0.4, -0.2) is 0 Å². The summed E-state index contributed by atoms with van der Waals surface area (Å²) < 4.78 is 0. The molecular weight excluding hydrogens is 651 g/mol. The van der Waals surface area contributed by atoms with Gasteiger partial charge in [-0.05, 0) is 131 Å². The second-order valence-corrected chi connectivity index (χ2v) is 16.2. The SMILES string of the molecule is C=CC1=C(c2ccc(N(c3ccccc3)c3ccc4c(c3)C(C)(C)c3c-4c4ccccc4c4ccccc34)cc2C)C(C)(C)c2c1ccc1ccccc21. The standard InChI is InChI=1S/C53H43N/c1-7-38-45-28-25-34-17-11-12-20-40(34)50(45)53(5,6)49(38)39-29-26-36(31-33(39)2)54(35-18-9-8-10-19-35)37-27-30-46-47(32-37)52(3,4)51-44-24-16-14-22-42(44)41-21-13-15-23-43(41)48(46)51/h7-32H,1H2,2-6H3. The first kappa shape index (κ1) is 32.5. The molecule has 1 nitrogen and oxygen atoms in total. The van der Waals surface area contributed by atoms with Gasteiger partial charge in [-0.25, -0.2) is 0 Å². The van der Waals surface area contributed by atoms with Crippen molar-refractivity contribution >= 4 is 60.5 Å². The van der Waals surface area contributed by atoms with Gasteiger partial charge in [0, 0.05) is 27.9 Å². The monoisotopic (exact) mass is 693 g/mol. The molecule has 0 heterocycles. The highest BCUT2D eigenvalue weighted by Gasteiger charge is 2.41. The van der Waals surface area contributed by atoms with Gasteiger partial charge in [0.1, 0.15) is 0 Å². The lowest BCUT2D eigenvalue weighted by atomic mass is 9.75. The molecule has 0 saturated heterocycles. The number of aryl methyl sites for hydroxylation is 1. The van der Waals surface area contributed by atoms with Crippen LogP contribution in [0, 0.1) is 6.92 Å². The number of rotatable bonds is 5. The highest BCUT2D eigenvalue weighted by molar-refractivity contribution is 6.18. The second-order valence-electron chi connectivity index (χ2n) is 16.2. The van der Waals surface area contributed by atoms with E-state index in [4.69, 9.17) is 0 Å². The lowest BCUT2D eigenvalue weighted by Gasteiger charge is -2.30. The summed E-state index contributed by atoms with van der Waals surface area (Å²) in [5, 5.41) is 7.92. The molecule has 0 fully saturated rings. The number of nitrogens with zero attached hydrogens (tertiary/aromatic N) is 1. The molecule has 1 heteroatoms. The maximum Gasteiger partial charge on any atom is 0.0465 e. The average molecular weight is 694 g/mol. The van der Waals surface area contributed by atoms with E-state index in [1.165, 1.54) is 88.0 Å². The summed E-state index contributed by atoms with van der Waals surface area (Å²) in [7, 11) is 0. The molecule has 2 aliphatic carbocycles. The van der Waals surface area contributed by atoms with Crippen molar-refractivity contribution in [1.82, 2.24) is 0 Å². The third-order valence-electron chi connectivity index (χ3n) is 12.5. The van der Waals surface area contributed by atoms with E-state index in [-0.39, 0.29) is 10.8 Å². The van der Waals surface area contributed by atoms with Crippen LogP contribution >= 0.6 is 0 Å². The fourth-order valence-corrected chi connectivity index (χ4v) is 10.2. The Morgan fingerprint density at radius 2 is 1.06 bits per heavy atom. The Morgan fingerprint density at radius 3 is 1.76 bits per heavy atom. The van der Waals surface area contributed by atoms with Gasteiger partial charge in [0.05, 0.1) is 0 Å². The van der Waals surface area contributed by atoms with E-state index in [0.717, 1.165) is 17.1 Å². The van der Waals surface area contributed by atoms with E-state index in [0.29, 0.717) is 0 Å². The van der Waals surface area contributed by atoms with Crippen LogP contribution in [0.5, 0.6) is 0 Å². The normalized spacial score (nSPS) is 15.1. The number of allylic oxidation sites excluding steroid dienone is 3. The quantitative estimate of drug-likeness (QED) is 0.162. The van der Waals surface area contributed by atoms with Gasteiger partial charge in [-0.1, -0.05) is 156 Å². The van der Waals surface area contributed by atoms with Crippen molar-refractivity contribution < 1.29 is 0 Å². The summed E-state index contributed by atoms with van der Waals surface area (Å²) in [5.74, 6) is 0.